The molecule has 1 fully saturated rings. The second-order valence-electron chi connectivity index (χ2n) is 3.47. The van der Waals surface area contributed by atoms with Gasteiger partial charge in [-0.05, 0) is 12.3 Å². The molecule has 1 aromatic heterocycles. The van der Waals surface area contributed by atoms with E-state index in [1.807, 2.05) is 0 Å². The topological polar surface area (TPSA) is 54.7 Å². The molecule has 0 amide bonds. The lowest BCUT2D eigenvalue weighted by atomic mass is 10.1. The molecule has 2 atom stereocenters. The standard InChI is InChI=1S/C7H7F2N3/c8-7(9)3-1-2(3)4-5(7)11-12-6(4)10/h2-3H,1H2,(H3,10,11,12)/t2-,3+/m0/s1. The lowest BCUT2D eigenvalue weighted by Crippen LogP contribution is -2.13. The Morgan fingerprint density at radius 2 is 2.33 bits per heavy atom. The van der Waals surface area contributed by atoms with Gasteiger partial charge in [-0.1, -0.05) is 0 Å². The number of anilines is 1. The molecule has 0 saturated heterocycles. The van der Waals surface area contributed by atoms with Gasteiger partial charge in [-0.2, -0.15) is 13.9 Å². The Kier molecular flexibility index (Phi) is 0.791. The normalized spacial score (nSPS) is 34.5. The summed E-state index contributed by atoms with van der Waals surface area (Å²) in [7, 11) is 0. The summed E-state index contributed by atoms with van der Waals surface area (Å²) in [5.74, 6) is -3.02. The third kappa shape index (κ3) is 0.479. The van der Waals surface area contributed by atoms with Gasteiger partial charge in [-0.25, -0.2) is 0 Å². The van der Waals surface area contributed by atoms with Crippen molar-refractivity contribution in [2.75, 3.05) is 5.73 Å². The van der Waals surface area contributed by atoms with Crippen LogP contribution < -0.4 is 5.73 Å². The van der Waals surface area contributed by atoms with E-state index in [1.54, 1.807) is 0 Å². The maximum atomic E-state index is 13.3. The van der Waals surface area contributed by atoms with E-state index in [2.05, 4.69) is 10.2 Å². The average molecular weight is 171 g/mol. The van der Waals surface area contributed by atoms with Crippen molar-refractivity contribution in [3.05, 3.63) is 11.3 Å². The van der Waals surface area contributed by atoms with Crippen LogP contribution in [0.15, 0.2) is 0 Å². The van der Waals surface area contributed by atoms with Crippen molar-refractivity contribution in [2.45, 2.75) is 18.3 Å². The molecule has 0 spiro atoms. The molecule has 64 valence electrons. The second-order valence-corrected chi connectivity index (χ2v) is 3.47. The predicted molar refractivity (Wildman–Crippen MR) is 37.7 cm³/mol. The van der Waals surface area contributed by atoms with Gasteiger partial charge in [0.25, 0.3) is 5.92 Å². The van der Waals surface area contributed by atoms with Crippen molar-refractivity contribution < 1.29 is 8.78 Å². The quantitative estimate of drug-likeness (QED) is 0.616. The molecule has 1 saturated carbocycles. The van der Waals surface area contributed by atoms with Gasteiger partial charge < -0.3 is 5.73 Å². The Morgan fingerprint density at radius 1 is 1.58 bits per heavy atom. The van der Waals surface area contributed by atoms with Crippen LogP contribution in [0.5, 0.6) is 0 Å². The van der Waals surface area contributed by atoms with E-state index in [-0.39, 0.29) is 17.4 Å². The van der Waals surface area contributed by atoms with Crippen molar-refractivity contribution in [1.29, 1.82) is 0 Å². The molecule has 3 nitrogen and oxygen atoms in total. The zero-order valence-corrected chi connectivity index (χ0v) is 6.14. The molecule has 3 N–H and O–H groups in total. The first-order valence-electron chi connectivity index (χ1n) is 3.84. The smallest absolute Gasteiger partial charge is 0.292 e. The number of alkyl halides is 2. The van der Waals surface area contributed by atoms with Gasteiger partial charge in [0.05, 0.1) is 0 Å². The molecule has 2 aliphatic carbocycles. The number of nitrogens with one attached hydrogen (secondary N) is 1. The van der Waals surface area contributed by atoms with Crippen LogP contribution in [0.1, 0.15) is 23.6 Å². The fraction of sp³-hybridized carbons (Fsp3) is 0.571. The van der Waals surface area contributed by atoms with E-state index in [0.717, 1.165) is 0 Å². The van der Waals surface area contributed by atoms with Crippen LogP contribution in [-0.4, -0.2) is 10.2 Å². The van der Waals surface area contributed by atoms with E-state index in [9.17, 15) is 8.78 Å². The van der Waals surface area contributed by atoms with Gasteiger partial charge in [0.15, 0.2) is 0 Å². The Morgan fingerprint density at radius 3 is 3.00 bits per heavy atom. The summed E-state index contributed by atoms with van der Waals surface area (Å²) < 4.78 is 26.5. The van der Waals surface area contributed by atoms with Gasteiger partial charge in [0, 0.05) is 11.5 Å². The molecule has 0 bridgehead atoms. The number of hydrogen-bond donors (Lipinski definition) is 2. The van der Waals surface area contributed by atoms with Crippen LogP contribution in [0.2, 0.25) is 0 Å². The number of rotatable bonds is 0. The number of hydrogen-bond acceptors (Lipinski definition) is 2. The van der Waals surface area contributed by atoms with Crippen LogP contribution in [0.3, 0.4) is 0 Å². The molecule has 1 heterocycles. The van der Waals surface area contributed by atoms with Crippen LogP contribution in [0, 0.1) is 5.92 Å². The monoisotopic (exact) mass is 171 g/mol. The summed E-state index contributed by atoms with van der Waals surface area (Å²) in [5, 5.41) is 5.90. The molecule has 12 heavy (non-hydrogen) atoms. The highest BCUT2D eigenvalue weighted by Gasteiger charge is 2.65. The number of nitrogens with two attached hydrogens (primary N) is 1. The van der Waals surface area contributed by atoms with Crippen LogP contribution in [-0.2, 0) is 5.92 Å². The third-order valence-corrected chi connectivity index (χ3v) is 2.79. The highest BCUT2D eigenvalue weighted by atomic mass is 19.3. The number of aromatic amines is 1. The Hall–Kier alpha value is -1.13. The lowest BCUT2D eigenvalue weighted by molar-refractivity contribution is -0.0268. The molecule has 0 radical (unpaired) electrons. The van der Waals surface area contributed by atoms with Crippen LogP contribution in [0.25, 0.3) is 0 Å². The molecule has 0 aliphatic heterocycles. The van der Waals surface area contributed by atoms with E-state index < -0.39 is 11.8 Å². The first-order valence-corrected chi connectivity index (χ1v) is 3.84. The second kappa shape index (κ2) is 1.48. The molecule has 0 unspecified atom stereocenters. The van der Waals surface area contributed by atoms with E-state index in [4.69, 9.17) is 5.73 Å². The highest BCUT2D eigenvalue weighted by Crippen LogP contribution is 2.67. The van der Waals surface area contributed by atoms with Gasteiger partial charge in [0.2, 0.25) is 0 Å². The number of fused-ring (bicyclic) bond motifs is 3. The number of aromatic nitrogens is 2. The van der Waals surface area contributed by atoms with Crippen molar-refractivity contribution >= 4 is 5.82 Å². The van der Waals surface area contributed by atoms with Gasteiger partial charge in [-0.3, -0.25) is 5.10 Å². The maximum absolute atomic E-state index is 13.3. The van der Waals surface area contributed by atoms with Gasteiger partial charge in [-0.15, -0.1) is 0 Å². The minimum Gasteiger partial charge on any atom is -0.382 e. The number of H-pyrrole nitrogens is 1. The SMILES string of the molecule is Nc1n[nH]c2c1[C@H]1C[C@H]1C2(F)F. The summed E-state index contributed by atoms with van der Waals surface area (Å²) in [6, 6.07) is 0. The van der Waals surface area contributed by atoms with Gasteiger partial charge >= 0.3 is 0 Å². The highest BCUT2D eigenvalue weighted by molar-refractivity contribution is 5.54. The molecule has 0 aromatic carbocycles. The number of nitrogen functional groups attached to an aromatic ring is 1. The van der Waals surface area contributed by atoms with E-state index >= 15 is 0 Å². The summed E-state index contributed by atoms with van der Waals surface area (Å²) in [6.45, 7) is 0. The Bertz CT molecular complexity index is 358. The fourth-order valence-corrected chi connectivity index (χ4v) is 2.09. The molecular formula is C7H7F2N3. The predicted octanol–water partition coefficient (Wildman–Crippen LogP) is 1.20. The Labute approximate surface area is 66.9 Å². The van der Waals surface area contributed by atoms with E-state index in [0.29, 0.717) is 12.0 Å². The first kappa shape index (κ1) is 6.39. The van der Waals surface area contributed by atoms with Gasteiger partial charge in [0.1, 0.15) is 11.5 Å². The summed E-state index contributed by atoms with van der Waals surface area (Å²) in [5.41, 5.74) is 5.96. The van der Waals surface area contributed by atoms with Crippen molar-refractivity contribution in [3.8, 4) is 0 Å². The largest absolute Gasteiger partial charge is 0.382 e. The maximum Gasteiger partial charge on any atom is 0.292 e. The molecule has 2 aliphatic rings. The van der Waals surface area contributed by atoms with Crippen molar-refractivity contribution in [2.24, 2.45) is 5.92 Å². The molecular weight excluding hydrogens is 164 g/mol. The summed E-state index contributed by atoms with van der Waals surface area (Å²) in [4.78, 5) is 0. The molecule has 5 heteroatoms. The van der Waals surface area contributed by atoms with Crippen molar-refractivity contribution in [1.82, 2.24) is 10.2 Å². The number of nitrogens with zero attached hydrogens (tertiary/aromatic N) is 1. The third-order valence-electron chi connectivity index (χ3n) is 2.79. The Balaban J connectivity index is 2.27. The minimum absolute atomic E-state index is 0.0336. The van der Waals surface area contributed by atoms with Crippen LogP contribution in [0.4, 0.5) is 14.6 Å². The zero-order chi connectivity index (χ0) is 8.51. The van der Waals surface area contributed by atoms with Crippen LogP contribution >= 0.6 is 0 Å². The van der Waals surface area contributed by atoms with Crippen molar-refractivity contribution in [3.63, 3.8) is 0 Å². The van der Waals surface area contributed by atoms with E-state index in [1.165, 1.54) is 0 Å². The fourth-order valence-electron chi connectivity index (χ4n) is 2.09. The summed E-state index contributed by atoms with van der Waals surface area (Å²) in [6.07, 6.45) is 0.559. The number of halogens is 2. The average Bonchev–Trinajstić information content (AvgIpc) is 2.64. The zero-order valence-electron chi connectivity index (χ0n) is 6.14. The molecule has 1 aromatic rings. The lowest BCUT2D eigenvalue weighted by Gasteiger charge is -2.09. The molecule has 3 rings (SSSR count). The minimum atomic E-state index is -2.72. The summed E-state index contributed by atoms with van der Waals surface area (Å²) >= 11 is 0. The first-order chi connectivity index (χ1) is 5.62.